The molecule has 158 valence electrons. The van der Waals surface area contributed by atoms with E-state index in [4.69, 9.17) is 4.74 Å². The van der Waals surface area contributed by atoms with E-state index in [0.29, 0.717) is 43.9 Å². The topological polar surface area (TPSA) is 74.8 Å². The molecule has 3 fully saturated rings. The normalized spacial score (nSPS) is 29.4. The average Bonchev–Trinajstić information content (AvgIpc) is 2.73. The Labute approximate surface area is 172 Å². The van der Waals surface area contributed by atoms with Crippen LogP contribution in [0.1, 0.15) is 37.7 Å². The van der Waals surface area contributed by atoms with Crippen molar-refractivity contribution in [3.05, 3.63) is 30.1 Å². The van der Waals surface area contributed by atoms with Gasteiger partial charge in [0.1, 0.15) is 0 Å². The van der Waals surface area contributed by atoms with Gasteiger partial charge in [0.2, 0.25) is 11.8 Å². The van der Waals surface area contributed by atoms with Gasteiger partial charge in [-0.3, -0.25) is 19.5 Å². The Morgan fingerprint density at radius 1 is 1.34 bits per heavy atom. The molecule has 2 bridgehead atoms. The molecule has 29 heavy (non-hydrogen) atoms. The van der Waals surface area contributed by atoms with Gasteiger partial charge in [0, 0.05) is 64.6 Å². The quantitative estimate of drug-likeness (QED) is 0.750. The highest BCUT2D eigenvalue weighted by Crippen LogP contribution is 2.41. The fourth-order valence-electron chi connectivity index (χ4n) is 5.52. The number of nitrogens with zero attached hydrogens (tertiary/aromatic N) is 3. The van der Waals surface area contributed by atoms with Crippen molar-refractivity contribution >= 4 is 11.8 Å². The molecule has 1 aromatic heterocycles. The zero-order valence-corrected chi connectivity index (χ0v) is 17.3. The number of hydrogen-bond acceptors (Lipinski definition) is 5. The molecule has 0 aliphatic carbocycles. The smallest absolute Gasteiger partial charge is 0.223 e. The standard InChI is InChI=1S/C22H32N4O3/c1-29-9-7-21(27)24-12-20-18-10-17(19-5-2-6-22(28)26(19)20)14-25(15-18)13-16-4-3-8-23-11-16/h3-4,8,11,17-20H,2,5-7,9-10,12-15H2,1H3,(H,24,27)/t17-,18+,19+,20+/m1/s1. The summed E-state index contributed by atoms with van der Waals surface area (Å²) < 4.78 is 5.01. The number of pyridine rings is 1. The summed E-state index contributed by atoms with van der Waals surface area (Å²) >= 11 is 0. The Morgan fingerprint density at radius 3 is 3.00 bits per heavy atom. The van der Waals surface area contributed by atoms with Crippen LogP contribution in [0.3, 0.4) is 0 Å². The molecule has 4 heterocycles. The third-order valence-electron chi connectivity index (χ3n) is 6.74. The summed E-state index contributed by atoms with van der Waals surface area (Å²) in [4.78, 5) is 33.9. The zero-order valence-electron chi connectivity index (χ0n) is 17.3. The maximum Gasteiger partial charge on any atom is 0.223 e. The predicted molar refractivity (Wildman–Crippen MR) is 109 cm³/mol. The second kappa shape index (κ2) is 9.22. The van der Waals surface area contributed by atoms with E-state index in [0.717, 1.165) is 38.9 Å². The summed E-state index contributed by atoms with van der Waals surface area (Å²) in [5, 5.41) is 3.07. The Bertz CT molecular complexity index is 713. The first-order valence-electron chi connectivity index (χ1n) is 10.8. The lowest BCUT2D eigenvalue weighted by Crippen LogP contribution is -2.67. The lowest BCUT2D eigenvalue weighted by atomic mass is 9.72. The van der Waals surface area contributed by atoms with E-state index in [1.807, 2.05) is 18.5 Å². The second-order valence-corrected chi connectivity index (χ2v) is 8.69. The molecular weight excluding hydrogens is 368 g/mol. The minimum absolute atomic E-state index is 0.00185. The van der Waals surface area contributed by atoms with Crippen molar-refractivity contribution in [3.8, 4) is 0 Å². The van der Waals surface area contributed by atoms with Crippen molar-refractivity contribution in [2.75, 3.05) is 33.4 Å². The number of hydrogen-bond donors (Lipinski definition) is 1. The van der Waals surface area contributed by atoms with Crippen LogP contribution in [0.15, 0.2) is 24.5 Å². The van der Waals surface area contributed by atoms with Gasteiger partial charge in [-0.15, -0.1) is 0 Å². The van der Waals surface area contributed by atoms with E-state index in [1.165, 1.54) is 5.56 Å². The minimum atomic E-state index is -0.00185. The van der Waals surface area contributed by atoms with Crippen molar-refractivity contribution in [3.63, 3.8) is 0 Å². The van der Waals surface area contributed by atoms with Crippen LogP contribution in [0.5, 0.6) is 0 Å². The molecule has 1 N–H and O–H groups in total. The van der Waals surface area contributed by atoms with Crippen molar-refractivity contribution in [1.29, 1.82) is 0 Å². The van der Waals surface area contributed by atoms with Crippen LogP contribution in [0.2, 0.25) is 0 Å². The molecule has 7 heteroatoms. The van der Waals surface area contributed by atoms with Gasteiger partial charge in [-0.2, -0.15) is 0 Å². The molecule has 1 aromatic rings. The molecule has 0 spiro atoms. The van der Waals surface area contributed by atoms with Crippen LogP contribution in [0.4, 0.5) is 0 Å². The van der Waals surface area contributed by atoms with Gasteiger partial charge in [0.25, 0.3) is 0 Å². The van der Waals surface area contributed by atoms with Gasteiger partial charge < -0.3 is 15.0 Å². The number of methoxy groups -OCH3 is 1. The maximum absolute atomic E-state index is 12.8. The van der Waals surface area contributed by atoms with Crippen molar-refractivity contribution < 1.29 is 14.3 Å². The first-order valence-corrected chi connectivity index (χ1v) is 10.8. The molecule has 3 saturated heterocycles. The molecule has 0 saturated carbocycles. The summed E-state index contributed by atoms with van der Waals surface area (Å²) in [5.74, 6) is 1.19. The van der Waals surface area contributed by atoms with Crippen LogP contribution in [-0.2, 0) is 20.9 Å². The molecule has 4 atom stereocenters. The number of rotatable bonds is 7. The van der Waals surface area contributed by atoms with Gasteiger partial charge in [-0.05, 0) is 42.7 Å². The molecule has 0 aromatic carbocycles. The predicted octanol–water partition coefficient (Wildman–Crippen LogP) is 1.44. The van der Waals surface area contributed by atoms with E-state index < -0.39 is 0 Å². The van der Waals surface area contributed by atoms with E-state index in [2.05, 4.69) is 26.2 Å². The lowest BCUT2D eigenvalue weighted by Gasteiger charge is -2.56. The van der Waals surface area contributed by atoms with Crippen LogP contribution >= 0.6 is 0 Å². The highest BCUT2D eigenvalue weighted by molar-refractivity contribution is 5.78. The first-order chi connectivity index (χ1) is 14.2. The monoisotopic (exact) mass is 400 g/mol. The lowest BCUT2D eigenvalue weighted by molar-refractivity contribution is -0.153. The summed E-state index contributed by atoms with van der Waals surface area (Å²) in [5.41, 5.74) is 1.23. The summed E-state index contributed by atoms with van der Waals surface area (Å²) in [6, 6.07) is 4.51. The summed E-state index contributed by atoms with van der Waals surface area (Å²) in [6.45, 7) is 3.86. The van der Waals surface area contributed by atoms with Crippen LogP contribution in [0.25, 0.3) is 0 Å². The Balaban J connectivity index is 1.47. The van der Waals surface area contributed by atoms with E-state index >= 15 is 0 Å². The Hall–Kier alpha value is -1.99. The molecule has 7 nitrogen and oxygen atoms in total. The van der Waals surface area contributed by atoms with Gasteiger partial charge in [0.05, 0.1) is 12.6 Å². The number of likely N-dealkylation sites (tertiary alicyclic amines) is 1. The number of fused-ring (bicyclic) bond motifs is 4. The summed E-state index contributed by atoms with van der Waals surface area (Å²) in [6.07, 6.45) is 7.96. The van der Waals surface area contributed by atoms with E-state index in [1.54, 1.807) is 7.11 Å². The molecular formula is C22H32N4O3. The number of carbonyl (C=O) groups excluding carboxylic acids is 2. The largest absolute Gasteiger partial charge is 0.384 e. The second-order valence-electron chi connectivity index (χ2n) is 8.69. The SMILES string of the molecule is COCCC(=O)NC[C@H]1[C@H]2C[C@H](CN(Cc3cccnc3)C2)[C@@H]2CCCC(=O)N21. The molecule has 2 amide bonds. The number of nitrogens with one attached hydrogen (secondary N) is 1. The molecule has 0 unspecified atom stereocenters. The number of ether oxygens (including phenoxy) is 1. The number of carbonyl (C=O) groups is 2. The minimum Gasteiger partial charge on any atom is -0.384 e. The average molecular weight is 401 g/mol. The zero-order chi connectivity index (χ0) is 20.2. The maximum atomic E-state index is 12.8. The van der Waals surface area contributed by atoms with Gasteiger partial charge >= 0.3 is 0 Å². The van der Waals surface area contributed by atoms with Crippen LogP contribution in [-0.4, -0.2) is 72.0 Å². The molecule has 3 aliphatic heterocycles. The van der Waals surface area contributed by atoms with Gasteiger partial charge in [-0.1, -0.05) is 6.07 Å². The number of amides is 2. The fraction of sp³-hybridized carbons (Fsp3) is 0.682. The molecule has 4 rings (SSSR count). The van der Waals surface area contributed by atoms with E-state index in [-0.39, 0.29) is 17.9 Å². The Kier molecular flexibility index (Phi) is 6.45. The van der Waals surface area contributed by atoms with Crippen LogP contribution < -0.4 is 5.32 Å². The number of aromatic nitrogens is 1. The summed E-state index contributed by atoms with van der Waals surface area (Å²) in [7, 11) is 1.60. The molecule has 0 radical (unpaired) electrons. The molecule has 3 aliphatic rings. The fourth-order valence-corrected chi connectivity index (χ4v) is 5.52. The van der Waals surface area contributed by atoms with Crippen molar-refractivity contribution in [1.82, 2.24) is 20.1 Å². The Morgan fingerprint density at radius 2 is 2.21 bits per heavy atom. The van der Waals surface area contributed by atoms with Gasteiger partial charge in [0.15, 0.2) is 0 Å². The van der Waals surface area contributed by atoms with E-state index in [9.17, 15) is 9.59 Å². The highest BCUT2D eigenvalue weighted by Gasteiger charge is 2.49. The highest BCUT2D eigenvalue weighted by atomic mass is 16.5. The number of piperidine rings is 3. The van der Waals surface area contributed by atoms with Gasteiger partial charge in [-0.25, -0.2) is 0 Å². The third-order valence-corrected chi connectivity index (χ3v) is 6.74. The first kappa shape index (κ1) is 20.3. The van der Waals surface area contributed by atoms with Crippen molar-refractivity contribution in [2.24, 2.45) is 11.8 Å². The van der Waals surface area contributed by atoms with Crippen molar-refractivity contribution in [2.45, 2.75) is 50.7 Å². The third kappa shape index (κ3) is 4.61. The van der Waals surface area contributed by atoms with Crippen LogP contribution in [0, 0.1) is 11.8 Å².